The Morgan fingerprint density at radius 3 is 2.15 bits per heavy atom. The molecule has 33 heavy (non-hydrogen) atoms. The van der Waals surface area contributed by atoms with Crippen molar-refractivity contribution in [2.24, 2.45) is 0 Å². The molecule has 0 amide bonds. The fourth-order valence-corrected chi connectivity index (χ4v) is 4.81. The van der Waals surface area contributed by atoms with Crippen molar-refractivity contribution in [3.8, 4) is 17.1 Å². The molecule has 0 aliphatic rings. The van der Waals surface area contributed by atoms with Crippen LogP contribution in [-0.2, 0) is 0 Å². The van der Waals surface area contributed by atoms with Crippen molar-refractivity contribution in [2.45, 2.75) is 25.9 Å². The third-order valence-electron chi connectivity index (χ3n) is 5.22. The number of ketones is 2. The molecule has 0 saturated carbocycles. The van der Waals surface area contributed by atoms with Gasteiger partial charge in [-0.1, -0.05) is 35.0 Å². The second kappa shape index (κ2) is 9.55. The molecule has 9 heteroatoms. The summed E-state index contributed by atoms with van der Waals surface area (Å²) in [6.07, 6.45) is 0. The van der Waals surface area contributed by atoms with Crippen LogP contribution >= 0.6 is 35.0 Å². The molecule has 2 heterocycles. The highest BCUT2D eigenvalue weighted by molar-refractivity contribution is 7.99. The van der Waals surface area contributed by atoms with Gasteiger partial charge in [0, 0.05) is 32.6 Å². The summed E-state index contributed by atoms with van der Waals surface area (Å²) in [6, 6.07) is 14.6. The van der Waals surface area contributed by atoms with Crippen LogP contribution in [0, 0.1) is 13.8 Å². The SMILES string of the molecule is CC(=O)c1c(C)[nH]c(C(=O)CSc2nnc(-c3ccc(Cl)cc3)n2-c2ccc(Cl)cc2)c1C. The number of hydrogen-bond acceptors (Lipinski definition) is 5. The van der Waals surface area contributed by atoms with Crippen molar-refractivity contribution in [2.75, 3.05) is 5.75 Å². The fraction of sp³-hybridized carbons (Fsp3) is 0.167. The Bertz CT molecular complexity index is 1340. The van der Waals surface area contributed by atoms with Gasteiger partial charge in [0.25, 0.3) is 0 Å². The number of hydrogen-bond donors (Lipinski definition) is 1. The quantitative estimate of drug-likeness (QED) is 0.236. The van der Waals surface area contributed by atoms with Crippen LogP contribution in [0.2, 0.25) is 10.0 Å². The highest BCUT2D eigenvalue weighted by Crippen LogP contribution is 2.30. The zero-order valence-corrected chi connectivity index (χ0v) is 20.5. The van der Waals surface area contributed by atoms with Crippen molar-refractivity contribution < 1.29 is 9.59 Å². The molecule has 6 nitrogen and oxygen atoms in total. The van der Waals surface area contributed by atoms with E-state index in [4.69, 9.17) is 23.2 Å². The molecule has 0 spiro atoms. The van der Waals surface area contributed by atoms with Crippen LogP contribution in [0.5, 0.6) is 0 Å². The molecule has 0 fully saturated rings. The van der Waals surface area contributed by atoms with Gasteiger partial charge in [-0.2, -0.15) is 0 Å². The Hall–Kier alpha value is -2.87. The highest BCUT2D eigenvalue weighted by Gasteiger charge is 2.22. The summed E-state index contributed by atoms with van der Waals surface area (Å²) in [7, 11) is 0. The number of Topliss-reactive ketones (excluding diaryl/α,β-unsaturated/α-hetero) is 2. The molecule has 0 radical (unpaired) electrons. The van der Waals surface area contributed by atoms with Crippen LogP contribution in [-0.4, -0.2) is 37.1 Å². The molecule has 0 unspecified atom stereocenters. The molecule has 0 saturated heterocycles. The summed E-state index contributed by atoms with van der Waals surface area (Å²) >= 11 is 13.4. The number of benzene rings is 2. The summed E-state index contributed by atoms with van der Waals surface area (Å²) in [4.78, 5) is 28.0. The van der Waals surface area contributed by atoms with E-state index in [9.17, 15) is 9.59 Å². The standard InChI is InChI=1S/C24H20Cl2N4O2S/c1-13-21(15(3)31)14(2)27-22(13)20(32)12-33-24-29-28-23(16-4-6-17(25)7-5-16)30(24)19-10-8-18(26)9-11-19/h4-11,27H,12H2,1-3H3. The number of aromatic nitrogens is 4. The van der Waals surface area contributed by atoms with Crippen molar-refractivity contribution in [1.82, 2.24) is 19.7 Å². The predicted octanol–water partition coefficient (Wildman–Crippen LogP) is 6.36. The molecule has 0 bridgehead atoms. The Balaban J connectivity index is 1.67. The zero-order chi connectivity index (χ0) is 23.7. The molecule has 2 aromatic heterocycles. The summed E-state index contributed by atoms with van der Waals surface area (Å²) in [5.41, 5.74) is 4.03. The molecule has 0 atom stereocenters. The predicted molar refractivity (Wildman–Crippen MR) is 132 cm³/mol. The summed E-state index contributed by atoms with van der Waals surface area (Å²) < 4.78 is 1.88. The van der Waals surface area contributed by atoms with E-state index in [1.807, 2.05) is 28.8 Å². The maximum Gasteiger partial charge on any atom is 0.196 e. The van der Waals surface area contributed by atoms with E-state index < -0.39 is 0 Å². The first kappa shape index (κ1) is 23.3. The van der Waals surface area contributed by atoms with Gasteiger partial charge in [-0.3, -0.25) is 14.2 Å². The molecule has 4 aromatic rings. The lowest BCUT2D eigenvalue weighted by molar-refractivity contribution is 0.101. The molecular formula is C24H20Cl2N4O2S. The van der Waals surface area contributed by atoms with Gasteiger partial charge in [-0.05, 0) is 74.9 Å². The maximum absolute atomic E-state index is 13.0. The largest absolute Gasteiger partial charge is 0.355 e. The van der Waals surface area contributed by atoms with Gasteiger partial charge in [0.05, 0.1) is 11.4 Å². The van der Waals surface area contributed by atoms with Gasteiger partial charge in [0.1, 0.15) is 0 Å². The third kappa shape index (κ3) is 4.76. The van der Waals surface area contributed by atoms with Crippen LogP contribution in [0.1, 0.15) is 39.0 Å². The molecule has 168 valence electrons. The minimum atomic E-state index is -0.119. The van der Waals surface area contributed by atoms with Crippen LogP contribution in [0.3, 0.4) is 0 Å². The topological polar surface area (TPSA) is 80.6 Å². The van der Waals surface area contributed by atoms with Gasteiger partial charge in [0.2, 0.25) is 0 Å². The van der Waals surface area contributed by atoms with Gasteiger partial charge in [-0.25, -0.2) is 0 Å². The van der Waals surface area contributed by atoms with Crippen LogP contribution < -0.4 is 0 Å². The van der Waals surface area contributed by atoms with Gasteiger partial charge in [0.15, 0.2) is 22.5 Å². The number of carbonyl (C=O) groups is 2. The second-order valence-corrected chi connectivity index (χ2v) is 9.33. The molecule has 1 N–H and O–H groups in total. The molecule has 2 aromatic carbocycles. The van der Waals surface area contributed by atoms with E-state index in [1.54, 1.807) is 38.1 Å². The van der Waals surface area contributed by atoms with E-state index in [0.717, 1.165) is 11.3 Å². The first-order chi connectivity index (χ1) is 15.8. The van der Waals surface area contributed by atoms with Crippen LogP contribution in [0.4, 0.5) is 0 Å². The lowest BCUT2D eigenvalue weighted by Gasteiger charge is -2.10. The number of carbonyl (C=O) groups excluding carboxylic acids is 2. The highest BCUT2D eigenvalue weighted by atomic mass is 35.5. The van der Waals surface area contributed by atoms with Crippen LogP contribution in [0.15, 0.2) is 53.7 Å². The minimum absolute atomic E-state index is 0.0666. The monoisotopic (exact) mass is 498 g/mol. The maximum atomic E-state index is 13.0. The number of nitrogens with zero attached hydrogens (tertiary/aromatic N) is 3. The van der Waals surface area contributed by atoms with Gasteiger partial charge in [-0.15, -0.1) is 10.2 Å². The Morgan fingerprint density at radius 1 is 0.970 bits per heavy atom. The van der Waals surface area contributed by atoms with Crippen LogP contribution in [0.25, 0.3) is 17.1 Å². The van der Waals surface area contributed by atoms with Crippen molar-refractivity contribution in [1.29, 1.82) is 0 Å². The lowest BCUT2D eigenvalue weighted by Crippen LogP contribution is -2.07. The second-order valence-electron chi connectivity index (χ2n) is 7.52. The Morgan fingerprint density at radius 2 is 1.58 bits per heavy atom. The van der Waals surface area contributed by atoms with E-state index >= 15 is 0 Å². The summed E-state index contributed by atoms with van der Waals surface area (Å²) in [5.74, 6) is 0.564. The number of H-pyrrole nitrogens is 1. The number of thioether (sulfide) groups is 1. The minimum Gasteiger partial charge on any atom is -0.355 e. The van der Waals surface area contributed by atoms with Crippen molar-refractivity contribution in [3.05, 3.63) is 81.1 Å². The van der Waals surface area contributed by atoms with Gasteiger partial charge >= 0.3 is 0 Å². The zero-order valence-electron chi connectivity index (χ0n) is 18.1. The van der Waals surface area contributed by atoms with E-state index in [0.29, 0.717) is 43.5 Å². The smallest absolute Gasteiger partial charge is 0.196 e. The Kier molecular flexibility index (Phi) is 6.74. The van der Waals surface area contributed by atoms with E-state index in [2.05, 4.69) is 15.2 Å². The molecular weight excluding hydrogens is 479 g/mol. The number of nitrogens with one attached hydrogen (secondary N) is 1. The lowest BCUT2D eigenvalue weighted by atomic mass is 10.1. The number of aromatic amines is 1. The average Bonchev–Trinajstić information content (AvgIpc) is 3.33. The summed E-state index contributed by atoms with van der Waals surface area (Å²) in [5, 5.41) is 10.5. The normalized spacial score (nSPS) is 11.1. The fourth-order valence-electron chi connectivity index (χ4n) is 3.73. The molecule has 0 aliphatic carbocycles. The third-order valence-corrected chi connectivity index (χ3v) is 6.65. The number of aryl methyl sites for hydroxylation is 1. The first-order valence-corrected chi connectivity index (χ1v) is 11.8. The van der Waals surface area contributed by atoms with E-state index in [1.165, 1.54) is 18.7 Å². The Labute approximate surface area is 205 Å². The van der Waals surface area contributed by atoms with Gasteiger partial charge < -0.3 is 4.98 Å². The number of halogens is 2. The van der Waals surface area contributed by atoms with Crippen molar-refractivity contribution in [3.63, 3.8) is 0 Å². The van der Waals surface area contributed by atoms with E-state index in [-0.39, 0.29) is 17.3 Å². The molecule has 4 rings (SSSR count). The average molecular weight is 499 g/mol. The first-order valence-electron chi connectivity index (χ1n) is 10.1. The van der Waals surface area contributed by atoms with Crippen molar-refractivity contribution >= 4 is 46.5 Å². The molecule has 0 aliphatic heterocycles. The summed E-state index contributed by atoms with van der Waals surface area (Å²) in [6.45, 7) is 5.08. The number of rotatable bonds is 7.